The van der Waals surface area contributed by atoms with Gasteiger partial charge in [-0.3, -0.25) is 4.68 Å². The molecule has 2 rings (SSSR count). The standard InChI is InChI=1S/C12H15BrN4/c1-8-6-9(13)4-5-10(8)11(14-2)12-15-7-16-17(12)3/h4-7,11,14H,1-3H3. The SMILES string of the molecule is CNC(c1ccc(Br)cc1C)c1ncnn1C. The largest absolute Gasteiger partial charge is 0.307 e. The lowest BCUT2D eigenvalue weighted by molar-refractivity contribution is 0.589. The molecule has 0 saturated carbocycles. The van der Waals surface area contributed by atoms with E-state index in [-0.39, 0.29) is 6.04 Å². The van der Waals surface area contributed by atoms with Gasteiger partial charge in [-0.15, -0.1) is 0 Å². The molecule has 1 atom stereocenters. The second kappa shape index (κ2) is 4.98. The van der Waals surface area contributed by atoms with Crippen LogP contribution in [0.25, 0.3) is 0 Å². The Balaban J connectivity index is 2.46. The van der Waals surface area contributed by atoms with E-state index in [0.717, 1.165) is 10.3 Å². The highest BCUT2D eigenvalue weighted by atomic mass is 79.9. The molecule has 17 heavy (non-hydrogen) atoms. The fraction of sp³-hybridized carbons (Fsp3) is 0.333. The maximum Gasteiger partial charge on any atom is 0.148 e. The lowest BCUT2D eigenvalue weighted by atomic mass is 10.0. The van der Waals surface area contributed by atoms with Gasteiger partial charge in [0.1, 0.15) is 12.2 Å². The number of nitrogens with one attached hydrogen (secondary N) is 1. The van der Waals surface area contributed by atoms with Gasteiger partial charge in [-0.2, -0.15) is 5.10 Å². The van der Waals surface area contributed by atoms with Gasteiger partial charge in [0.25, 0.3) is 0 Å². The molecule has 0 amide bonds. The van der Waals surface area contributed by atoms with Crippen LogP contribution in [0.1, 0.15) is 23.0 Å². The summed E-state index contributed by atoms with van der Waals surface area (Å²) < 4.78 is 2.88. The second-order valence-electron chi connectivity index (χ2n) is 3.96. The zero-order chi connectivity index (χ0) is 12.4. The van der Waals surface area contributed by atoms with E-state index < -0.39 is 0 Å². The molecule has 4 nitrogen and oxygen atoms in total. The molecule has 0 fully saturated rings. The van der Waals surface area contributed by atoms with Crippen molar-refractivity contribution in [3.05, 3.63) is 46.0 Å². The summed E-state index contributed by atoms with van der Waals surface area (Å²) in [5.74, 6) is 0.915. The van der Waals surface area contributed by atoms with Crippen molar-refractivity contribution in [1.29, 1.82) is 0 Å². The van der Waals surface area contributed by atoms with E-state index in [1.807, 2.05) is 20.2 Å². The zero-order valence-electron chi connectivity index (χ0n) is 10.1. The van der Waals surface area contributed by atoms with Crippen molar-refractivity contribution < 1.29 is 0 Å². The minimum absolute atomic E-state index is 0.0654. The lowest BCUT2D eigenvalue weighted by Gasteiger charge is -2.18. The van der Waals surface area contributed by atoms with Crippen molar-refractivity contribution in [1.82, 2.24) is 20.1 Å². The fourth-order valence-electron chi connectivity index (χ4n) is 1.95. The first-order valence-corrected chi connectivity index (χ1v) is 6.20. The number of benzene rings is 1. The smallest absolute Gasteiger partial charge is 0.148 e. The molecule has 2 aromatic rings. The Hall–Kier alpha value is -1.20. The molecule has 1 heterocycles. The van der Waals surface area contributed by atoms with Gasteiger partial charge in [0.15, 0.2) is 0 Å². The summed E-state index contributed by atoms with van der Waals surface area (Å²) in [4.78, 5) is 4.30. The lowest BCUT2D eigenvalue weighted by Crippen LogP contribution is -2.22. The number of rotatable bonds is 3. The molecule has 0 aliphatic rings. The summed E-state index contributed by atoms with van der Waals surface area (Å²) in [7, 11) is 3.84. The van der Waals surface area contributed by atoms with Crippen molar-refractivity contribution >= 4 is 15.9 Å². The van der Waals surface area contributed by atoms with Crippen LogP contribution in [0, 0.1) is 6.92 Å². The van der Waals surface area contributed by atoms with Gasteiger partial charge in [-0.1, -0.05) is 22.0 Å². The third kappa shape index (κ3) is 2.40. The Labute approximate surface area is 109 Å². The highest BCUT2D eigenvalue weighted by Crippen LogP contribution is 2.25. The van der Waals surface area contributed by atoms with E-state index in [1.165, 1.54) is 11.1 Å². The number of hydrogen-bond acceptors (Lipinski definition) is 3. The Kier molecular flexibility index (Phi) is 3.59. The van der Waals surface area contributed by atoms with Crippen LogP contribution in [-0.2, 0) is 7.05 Å². The minimum Gasteiger partial charge on any atom is -0.307 e. The van der Waals surface area contributed by atoms with Gasteiger partial charge < -0.3 is 5.32 Å². The third-order valence-electron chi connectivity index (χ3n) is 2.84. The molecule has 0 saturated heterocycles. The van der Waals surface area contributed by atoms with E-state index in [2.05, 4.69) is 50.4 Å². The van der Waals surface area contributed by atoms with Crippen LogP contribution in [-0.4, -0.2) is 21.8 Å². The number of hydrogen-bond donors (Lipinski definition) is 1. The summed E-state index contributed by atoms with van der Waals surface area (Å²) in [6.45, 7) is 2.10. The molecular formula is C12H15BrN4. The highest BCUT2D eigenvalue weighted by molar-refractivity contribution is 9.10. The monoisotopic (exact) mass is 294 g/mol. The Morgan fingerprint density at radius 1 is 1.41 bits per heavy atom. The summed E-state index contributed by atoms with van der Waals surface area (Å²) in [5, 5.41) is 7.40. The van der Waals surface area contributed by atoms with Crippen LogP contribution in [0.3, 0.4) is 0 Å². The second-order valence-corrected chi connectivity index (χ2v) is 4.88. The Bertz CT molecular complexity index is 521. The Morgan fingerprint density at radius 2 is 2.18 bits per heavy atom. The fourth-order valence-corrected chi connectivity index (χ4v) is 2.43. The maximum atomic E-state index is 4.30. The summed E-state index contributed by atoms with van der Waals surface area (Å²) in [5.41, 5.74) is 2.44. The molecule has 0 bridgehead atoms. The number of nitrogens with zero attached hydrogens (tertiary/aromatic N) is 3. The van der Waals surface area contributed by atoms with Crippen molar-refractivity contribution in [2.24, 2.45) is 7.05 Å². The highest BCUT2D eigenvalue weighted by Gasteiger charge is 2.18. The van der Waals surface area contributed by atoms with E-state index in [0.29, 0.717) is 0 Å². The molecule has 5 heteroatoms. The van der Waals surface area contributed by atoms with Crippen LogP contribution in [0.2, 0.25) is 0 Å². The van der Waals surface area contributed by atoms with Crippen molar-refractivity contribution in [2.75, 3.05) is 7.05 Å². The minimum atomic E-state index is 0.0654. The predicted molar refractivity (Wildman–Crippen MR) is 70.8 cm³/mol. The van der Waals surface area contributed by atoms with Crippen molar-refractivity contribution in [2.45, 2.75) is 13.0 Å². The Morgan fingerprint density at radius 3 is 2.71 bits per heavy atom. The van der Waals surface area contributed by atoms with Crippen LogP contribution in [0.5, 0.6) is 0 Å². The van der Waals surface area contributed by atoms with Gasteiger partial charge in [0.05, 0.1) is 6.04 Å². The normalized spacial score (nSPS) is 12.7. The summed E-state index contributed by atoms with van der Waals surface area (Å²) in [6, 6.07) is 6.32. The molecule has 90 valence electrons. The molecule has 0 spiro atoms. The number of halogens is 1. The van der Waals surface area contributed by atoms with Gasteiger partial charge >= 0.3 is 0 Å². The van der Waals surface area contributed by atoms with E-state index in [1.54, 1.807) is 11.0 Å². The van der Waals surface area contributed by atoms with E-state index >= 15 is 0 Å². The van der Waals surface area contributed by atoms with E-state index in [9.17, 15) is 0 Å². The van der Waals surface area contributed by atoms with Gasteiger partial charge in [-0.05, 0) is 37.2 Å². The molecular weight excluding hydrogens is 280 g/mol. The molecule has 1 aromatic heterocycles. The molecule has 0 aliphatic carbocycles. The van der Waals surface area contributed by atoms with Crippen molar-refractivity contribution in [3.8, 4) is 0 Å². The van der Waals surface area contributed by atoms with Crippen LogP contribution in [0.4, 0.5) is 0 Å². The topological polar surface area (TPSA) is 42.7 Å². The van der Waals surface area contributed by atoms with Crippen molar-refractivity contribution in [3.63, 3.8) is 0 Å². The van der Waals surface area contributed by atoms with Crippen LogP contribution >= 0.6 is 15.9 Å². The van der Waals surface area contributed by atoms with Gasteiger partial charge in [0.2, 0.25) is 0 Å². The summed E-state index contributed by atoms with van der Waals surface area (Å²) >= 11 is 3.48. The van der Waals surface area contributed by atoms with Gasteiger partial charge in [0, 0.05) is 11.5 Å². The molecule has 0 aliphatic heterocycles. The summed E-state index contributed by atoms with van der Waals surface area (Å²) in [6.07, 6.45) is 1.58. The molecule has 1 aromatic carbocycles. The number of aromatic nitrogens is 3. The molecule has 1 unspecified atom stereocenters. The first-order valence-electron chi connectivity index (χ1n) is 5.40. The first-order chi connectivity index (χ1) is 8.13. The maximum absolute atomic E-state index is 4.30. The molecule has 1 N–H and O–H groups in total. The zero-order valence-corrected chi connectivity index (χ0v) is 11.7. The molecule has 0 radical (unpaired) electrons. The van der Waals surface area contributed by atoms with Crippen LogP contribution in [0.15, 0.2) is 29.0 Å². The quantitative estimate of drug-likeness (QED) is 0.944. The number of aryl methyl sites for hydroxylation is 2. The first kappa shape index (κ1) is 12.3. The average Bonchev–Trinajstić information content (AvgIpc) is 2.69. The average molecular weight is 295 g/mol. The third-order valence-corrected chi connectivity index (χ3v) is 3.33. The van der Waals surface area contributed by atoms with E-state index in [4.69, 9.17) is 0 Å². The van der Waals surface area contributed by atoms with Crippen LogP contribution < -0.4 is 5.32 Å². The predicted octanol–water partition coefficient (Wildman–Crippen LogP) is 2.19. The van der Waals surface area contributed by atoms with Gasteiger partial charge in [-0.25, -0.2) is 4.98 Å².